The van der Waals surface area contributed by atoms with Crippen LogP contribution in [0.2, 0.25) is 0 Å². The van der Waals surface area contributed by atoms with Gasteiger partial charge in [0.1, 0.15) is 0 Å². The first kappa shape index (κ1) is 17.4. The van der Waals surface area contributed by atoms with Gasteiger partial charge < -0.3 is 5.32 Å². The summed E-state index contributed by atoms with van der Waals surface area (Å²) >= 11 is 1.39. The van der Waals surface area contributed by atoms with Crippen LogP contribution in [0.5, 0.6) is 0 Å². The number of hydrogen-bond acceptors (Lipinski definition) is 2. The van der Waals surface area contributed by atoms with E-state index in [-0.39, 0.29) is 18.2 Å². The van der Waals surface area contributed by atoms with Crippen LogP contribution in [0.3, 0.4) is 0 Å². The minimum atomic E-state index is -4.37. The summed E-state index contributed by atoms with van der Waals surface area (Å²) in [4.78, 5) is 12.8. The molecule has 2 rings (SSSR count). The second kappa shape index (κ2) is 7.55. The monoisotopic (exact) mass is 339 g/mol. The largest absolute Gasteiger partial charge is 0.416 e. The van der Waals surface area contributed by atoms with Crippen LogP contribution in [-0.2, 0) is 17.5 Å². The highest BCUT2D eigenvalue weighted by Gasteiger charge is 2.30. The first-order valence-corrected chi connectivity index (χ1v) is 7.95. The Hall–Kier alpha value is -1.95. The Kier molecular flexibility index (Phi) is 5.71. The highest BCUT2D eigenvalue weighted by molar-refractivity contribution is 8.00. The molecule has 2 aromatic rings. The summed E-state index contributed by atoms with van der Waals surface area (Å²) in [5.41, 5.74) is 0.857. The van der Waals surface area contributed by atoms with Gasteiger partial charge in [-0.1, -0.05) is 29.8 Å². The summed E-state index contributed by atoms with van der Waals surface area (Å²) in [6, 6.07) is 12.7. The molecule has 122 valence electrons. The Morgan fingerprint density at radius 1 is 1.13 bits per heavy atom. The van der Waals surface area contributed by atoms with E-state index in [2.05, 4.69) is 5.32 Å². The third-order valence-corrected chi connectivity index (χ3v) is 4.15. The van der Waals surface area contributed by atoms with Gasteiger partial charge in [0.05, 0.1) is 11.3 Å². The van der Waals surface area contributed by atoms with Gasteiger partial charge >= 0.3 is 6.18 Å². The van der Waals surface area contributed by atoms with Crippen molar-refractivity contribution < 1.29 is 18.0 Å². The average Bonchev–Trinajstić information content (AvgIpc) is 2.52. The van der Waals surface area contributed by atoms with Crippen molar-refractivity contribution in [2.75, 3.05) is 5.75 Å². The Balaban J connectivity index is 1.83. The van der Waals surface area contributed by atoms with Crippen molar-refractivity contribution in [2.24, 2.45) is 0 Å². The highest BCUT2D eigenvalue weighted by atomic mass is 32.2. The topological polar surface area (TPSA) is 29.1 Å². The number of benzene rings is 2. The van der Waals surface area contributed by atoms with E-state index in [0.29, 0.717) is 5.56 Å². The maximum atomic E-state index is 12.6. The van der Waals surface area contributed by atoms with Crippen LogP contribution in [0.15, 0.2) is 53.4 Å². The van der Waals surface area contributed by atoms with Gasteiger partial charge in [0.15, 0.2) is 0 Å². The van der Waals surface area contributed by atoms with Gasteiger partial charge in [-0.3, -0.25) is 4.79 Å². The molecule has 2 nitrogen and oxygen atoms in total. The number of carbonyl (C=O) groups excluding carboxylic acids is 1. The fourth-order valence-corrected chi connectivity index (χ4v) is 2.62. The number of halogens is 3. The standard InChI is InChI=1S/C17H16F3NOS/c1-12-5-7-15(8-6-12)23-11-16(22)21-10-13-3-2-4-14(9-13)17(18,19)20/h2-9H,10-11H2,1H3,(H,21,22). The predicted octanol–water partition coefficient (Wildman–Crippen LogP) is 4.42. The van der Waals surface area contributed by atoms with Gasteiger partial charge in [-0.2, -0.15) is 13.2 Å². The number of alkyl halides is 3. The van der Waals surface area contributed by atoms with Crippen molar-refractivity contribution >= 4 is 17.7 Å². The van der Waals surface area contributed by atoms with Gasteiger partial charge in [0, 0.05) is 11.4 Å². The van der Waals surface area contributed by atoms with Gasteiger partial charge in [0.2, 0.25) is 5.91 Å². The SMILES string of the molecule is Cc1ccc(SCC(=O)NCc2cccc(C(F)(F)F)c2)cc1. The van der Waals surface area contributed by atoms with Crippen LogP contribution >= 0.6 is 11.8 Å². The van der Waals surface area contributed by atoms with Crippen LogP contribution in [0.4, 0.5) is 13.2 Å². The highest BCUT2D eigenvalue weighted by Crippen LogP contribution is 2.29. The molecule has 0 unspecified atom stereocenters. The number of rotatable bonds is 5. The number of amides is 1. The minimum Gasteiger partial charge on any atom is -0.351 e. The van der Waals surface area contributed by atoms with E-state index in [1.54, 1.807) is 6.07 Å². The molecule has 0 aromatic heterocycles. The molecule has 23 heavy (non-hydrogen) atoms. The van der Waals surface area contributed by atoms with Crippen molar-refractivity contribution in [1.29, 1.82) is 0 Å². The zero-order valence-electron chi connectivity index (χ0n) is 12.5. The first-order valence-electron chi connectivity index (χ1n) is 6.97. The smallest absolute Gasteiger partial charge is 0.351 e. The number of hydrogen-bond donors (Lipinski definition) is 1. The van der Waals surface area contributed by atoms with E-state index in [4.69, 9.17) is 0 Å². The molecule has 6 heteroatoms. The summed E-state index contributed by atoms with van der Waals surface area (Å²) in [5.74, 6) is 0.00940. The molecule has 1 amide bonds. The van der Waals surface area contributed by atoms with E-state index in [0.717, 1.165) is 22.6 Å². The third kappa shape index (κ3) is 5.63. The molecule has 0 fully saturated rings. The average molecular weight is 339 g/mol. The summed E-state index contributed by atoms with van der Waals surface area (Å²) in [5, 5.41) is 2.63. The van der Waals surface area contributed by atoms with Crippen LogP contribution in [0.25, 0.3) is 0 Å². The maximum Gasteiger partial charge on any atom is 0.416 e. The lowest BCUT2D eigenvalue weighted by Crippen LogP contribution is -2.24. The molecule has 0 heterocycles. The lowest BCUT2D eigenvalue weighted by atomic mass is 10.1. The van der Waals surface area contributed by atoms with Crippen molar-refractivity contribution in [1.82, 2.24) is 5.32 Å². The van der Waals surface area contributed by atoms with E-state index in [9.17, 15) is 18.0 Å². The van der Waals surface area contributed by atoms with Crippen LogP contribution < -0.4 is 5.32 Å². The number of carbonyl (C=O) groups is 1. The molecule has 0 radical (unpaired) electrons. The van der Waals surface area contributed by atoms with Crippen molar-refractivity contribution in [2.45, 2.75) is 24.5 Å². The number of aryl methyl sites for hydroxylation is 1. The van der Waals surface area contributed by atoms with Crippen LogP contribution in [-0.4, -0.2) is 11.7 Å². The number of nitrogens with one attached hydrogen (secondary N) is 1. The lowest BCUT2D eigenvalue weighted by molar-refractivity contribution is -0.137. The Morgan fingerprint density at radius 3 is 2.48 bits per heavy atom. The molecule has 0 saturated carbocycles. The van der Waals surface area contributed by atoms with E-state index in [1.807, 2.05) is 31.2 Å². The molecule has 0 aliphatic rings. The van der Waals surface area contributed by atoms with Crippen molar-refractivity contribution in [3.8, 4) is 0 Å². The molecular weight excluding hydrogens is 323 g/mol. The van der Waals surface area contributed by atoms with Crippen LogP contribution in [0, 0.1) is 6.92 Å². The zero-order chi connectivity index (χ0) is 16.9. The second-order valence-corrected chi connectivity index (χ2v) is 6.13. The molecule has 0 bridgehead atoms. The molecule has 2 aromatic carbocycles. The third-order valence-electron chi connectivity index (χ3n) is 3.13. The molecule has 0 spiro atoms. The molecular formula is C17H16F3NOS. The number of thioether (sulfide) groups is 1. The Labute approximate surface area is 137 Å². The van der Waals surface area contributed by atoms with Gasteiger partial charge in [-0.25, -0.2) is 0 Å². The summed E-state index contributed by atoms with van der Waals surface area (Å²) < 4.78 is 37.8. The van der Waals surface area contributed by atoms with Crippen molar-refractivity contribution in [3.05, 3.63) is 65.2 Å². The summed E-state index contributed by atoms with van der Waals surface area (Å²) in [7, 11) is 0. The second-order valence-electron chi connectivity index (χ2n) is 5.08. The summed E-state index contributed by atoms with van der Waals surface area (Å²) in [6.07, 6.45) is -4.37. The molecule has 0 aliphatic carbocycles. The molecule has 0 saturated heterocycles. The molecule has 1 N–H and O–H groups in total. The zero-order valence-corrected chi connectivity index (χ0v) is 13.3. The lowest BCUT2D eigenvalue weighted by Gasteiger charge is -2.09. The molecule has 0 aliphatic heterocycles. The van der Waals surface area contributed by atoms with Gasteiger partial charge in [0.25, 0.3) is 0 Å². The Bertz CT molecular complexity index is 668. The van der Waals surface area contributed by atoms with Crippen molar-refractivity contribution in [3.63, 3.8) is 0 Å². The molecule has 0 atom stereocenters. The van der Waals surface area contributed by atoms with E-state index < -0.39 is 11.7 Å². The van der Waals surface area contributed by atoms with Gasteiger partial charge in [-0.15, -0.1) is 11.8 Å². The Morgan fingerprint density at radius 2 is 1.83 bits per heavy atom. The van der Waals surface area contributed by atoms with E-state index >= 15 is 0 Å². The minimum absolute atomic E-state index is 0.0806. The quantitative estimate of drug-likeness (QED) is 0.817. The predicted molar refractivity (Wildman–Crippen MR) is 85.2 cm³/mol. The van der Waals surface area contributed by atoms with E-state index in [1.165, 1.54) is 17.8 Å². The first-order chi connectivity index (χ1) is 10.8. The van der Waals surface area contributed by atoms with Crippen LogP contribution in [0.1, 0.15) is 16.7 Å². The van der Waals surface area contributed by atoms with Gasteiger partial charge in [-0.05, 0) is 36.8 Å². The normalized spacial score (nSPS) is 11.3. The fraction of sp³-hybridized carbons (Fsp3) is 0.235. The fourth-order valence-electron chi connectivity index (χ4n) is 1.89. The summed E-state index contributed by atoms with van der Waals surface area (Å²) in [6.45, 7) is 2.06. The maximum absolute atomic E-state index is 12.6.